The Kier molecular flexibility index (Phi) is 6.92. The van der Waals surface area contributed by atoms with Gasteiger partial charge in [-0.1, -0.05) is 0 Å². The summed E-state index contributed by atoms with van der Waals surface area (Å²) < 4.78 is 4.63. The van der Waals surface area contributed by atoms with Gasteiger partial charge < -0.3 is 20.2 Å². The molecule has 1 atom stereocenters. The average Bonchev–Trinajstić information content (AvgIpc) is 2.50. The van der Waals surface area contributed by atoms with Crippen LogP contribution in [0.1, 0.15) is 37.0 Å². The normalized spacial score (nSPS) is 11.3. The van der Waals surface area contributed by atoms with Crippen molar-refractivity contribution in [2.24, 2.45) is 0 Å². The summed E-state index contributed by atoms with van der Waals surface area (Å²) in [6, 6.07) is 5.34. The molecule has 0 spiro atoms. The molecule has 23 heavy (non-hydrogen) atoms. The molecule has 0 fully saturated rings. The quantitative estimate of drug-likeness (QED) is 0.737. The number of methoxy groups -OCH3 is 1. The number of hydrogen-bond donors (Lipinski definition) is 2. The van der Waals surface area contributed by atoms with Gasteiger partial charge in [0.1, 0.15) is 11.8 Å². The molecular weight excluding hydrogens is 300 g/mol. The SMILES string of the molecule is COC(=O)[C@@H](CCC(C)=O)NC(=O)c1ccc(NC(C)=O)cc1. The highest BCUT2D eigenvalue weighted by atomic mass is 16.5. The second kappa shape index (κ2) is 8.67. The Morgan fingerprint density at radius 2 is 1.70 bits per heavy atom. The number of hydrogen-bond acceptors (Lipinski definition) is 5. The molecule has 1 aromatic carbocycles. The van der Waals surface area contributed by atoms with Gasteiger partial charge in [-0.2, -0.15) is 0 Å². The van der Waals surface area contributed by atoms with Crippen molar-refractivity contribution in [2.45, 2.75) is 32.7 Å². The molecule has 0 aliphatic heterocycles. The zero-order valence-electron chi connectivity index (χ0n) is 13.3. The predicted octanol–water partition coefficient (Wildman–Crippen LogP) is 1.29. The number of benzene rings is 1. The first-order chi connectivity index (χ1) is 10.8. The van der Waals surface area contributed by atoms with Crippen LogP contribution >= 0.6 is 0 Å². The summed E-state index contributed by atoms with van der Waals surface area (Å²) >= 11 is 0. The van der Waals surface area contributed by atoms with Crippen molar-refractivity contribution < 1.29 is 23.9 Å². The molecule has 0 aromatic heterocycles. The molecule has 1 aromatic rings. The highest BCUT2D eigenvalue weighted by Crippen LogP contribution is 2.10. The first-order valence-electron chi connectivity index (χ1n) is 7.09. The van der Waals surface area contributed by atoms with Crippen LogP contribution in [-0.2, 0) is 19.1 Å². The van der Waals surface area contributed by atoms with Crippen LogP contribution < -0.4 is 10.6 Å². The lowest BCUT2D eigenvalue weighted by atomic mass is 10.1. The van der Waals surface area contributed by atoms with Gasteiger partial charge in [0.15, 0.2) is 0 Å². The third kappa shape index (κ3) is 6.29. The van der Waals surface area contributed by atoms with E-state index in [-0.39, 0.29) is 24.5 Å². The molecule has 7 heteroatoms. The van der Waals surface area contributed by atoms with Crippen LogP contribution in [0, 0.1) is 0 Å². The van der Waals surface area contributed by atoms with Gasteiger partial charge >= 0.3 is 5.97 Å². The Morgan fingerprint density at radius 1 is 1.09 bits per heavy atom. The van der Waals surface area contributed by atoms with E-state index in [1.165, 1.54) is 33.1 Å². The first-order valence-corrected chi connectivity index (χ1v) is 7.09. The molecule has 0 unspecified atom stereocenters. The van der Waals surface area contributed by atoms with Crippen molar-refractivity contribution in [2.75, 3.05) is 12.4 Å². The number of esters is 1. The zero-order chi connectivity index (χ0) is 17.4. The topological polar surface area (TPSA) is 102 Å². The first kappa shape index (κ1) is 18.3. The van der Waals surface area contributed by atoms with Crippen molar-refractivity contribution in [3.05, 3.63) is 29.8 Å². The van der Waals surface area contributed by atoms with Crippen LogP contribution in [0.3, 0.4) is 0 Å². The minimum Gasteiger partial charge on any atom is -0.467 e. The number of ether oxygens (including phenoxy) is 1. The maximum absolute atomic E-state index is 12.2. The predicted molar refractivity (Wildman–Crippen MR) is 83.9 cm³/mol. The van der Waals surface area contributed by atoms with Gasteiger partial charge in [-0.3, -0.25) is 9.59 Å². The molecule has 2 N–H and O–H groups in total. The number of ketones is 1. The van der Waals surface area contributed by atoms with Crippen LogP contribution in [0.4, 0.5) is 5.69 Å². The summed E-state index contributed by atoms with van der Waals surface area (Å²) in [5.74, 6) is -1.35. The van der Waals surface area contributed by atoms with Crippen LogP contribution in [-0.4, -0.2) is 36.7 Å². The minimum atomic E-state index is -0.883. The number of Topliss-reactive ketones (excluding diaryl/α,β-unsaturated/α-hetero) is 1. The zero-order valence-corrected chi connectivity index (χ0v) is 13.3. The lowest BCUT2D eigenvalue weighted by Crippen LogP contribution is -2.41. The van der Waals surface area contributed by atoms with Crippen LogP contribution in [0.2, 0.25) is 0 Å². The summed E-state index contributed by atoms with van der Waals surface area (Å²) in [6.45, 7) is 2.80. The number of nitrogens with one attached hydrogen (secondary N) is 2. The number of carbonyl (C=O) groups is 4. The van der Waals surface area contributed by atoms with Gasteiger partial charge in [-0.25, -0.2) is 4.79 Å². The fraction of sp³-hybridized carbons (Fsp3) is 0.375. The highest BCUT2D eigenvalue weighted by Gasteiger charge is 2.22. The summed E-state index contributed by atoms with van der Waals surface area (Å²) in [4.78, 5) is 45.8. The maximum Gasteiger partial charge on any atom is 0.328 e. The van der Waals surface area contributed by atoms with Gasteiger partial charge in [-0.15, -0.1) is 0 Å². The third-order valence-corrected chi connectivity index (χ3v) is 3.04. The van der Waals surface area contributed by atoms with E-state index in [4.69, 9.17) is 0 Å². The Hall–Kier alpha value is -2.70. The molecular formula is C16H20N2O5. The molecule has 0 radical (unpaired) electrons. The number of carbonyl (C=O) groups excluding carboxylic acids is 4. The van der Waals surface area contributed by atoms with Crippen LogP contribution in [0.5, 0.6) is 0 Å². The second-order valence-electron chi connectivity index (χ2n) is 5.05. The molecule has 0 aliphatic carbocycles. The number of rotatable bonds is 7. The van der Waals surface area contributed by atoms with Crippen molar-refractivity contribution in [3.8, 4) is 0 Å². The molecule has 7 nitrogen and oxygen atoms in total. The van der Waals surface area contributed by atoms with E-state index in [0.29, 0.717) is 11.3 Å². The largest absolute Gasteiger partial charge is 0.467 e. The Labute approximate surface area is 134 Å². The Morgan fingerprint density at radius 3 is 2.17 bits per heavy atom. The van der Waals surface area contributed by atoms with Gasteiger partial charge in [0.25, 0.3) is 5.91 Å². The van der Waals surface area contributed by atoms with Gasteiger partial charge in [0.2, 0.25) is 5.91 Å². The number of amides is 2. The maximum atomic E-state index is 12.2. The van der Waals surface area contributed by atoms with Gasteiger partial charge in [0.05, 0.1) is 7.11 Å². The Bertz CT molecular complexity index is 595. The summed E-state index contributed by atoms with van der Waals surface area (Å²) in [6.07, 6.45) is 0.346. The summed E-state index contributed by atoms with van der Waals surface area (Å²) in [5, 5.41) is 5.14. The van der Waals surface area contributed by atoms with Crippen LogP contribution in [0.15, 0.2) is 24.3 Å². The lowest BCUT2D eigenvalue weighted by Gasteiger charge is -2.16. The van der Waals surface area contributed by atoms with E-state index >= 15 is 0 Å². The van der Waals surface area contributed by atoms with Gasteiger partial charge in [0, 0.05) is 24.6 Å². The fourth-order valence-electron chi connectivity index (χ4n) is 1.89. The van der Waals surface area contributed by atoms with Gasteiger partial charge in [-0.05, 0) is 37.6 Å². The summed E-state index contributed by atoms with van der Waals surface area (Å²) in [5.41, 5.74) is 0.894. The molecule has 0 saturated carbocycles. The fourth-order valence-corrected chi connectivity index (χ4v) is 1.89. The molecule has 1 rings (SSSR count). The van der Waals surface area contributed by atoms with E-state index in [9.17, 15) is 19.2 Å². The van der Waals surface area contributed by atoms with Crippen molar-refractivity contribution in [3.63, 3.8) is 0 Å². The second-order valence-corrected chi connectivity index (χ2v) is 5.05. The molecule has 0 bridgehead atoms. The molecule has 0 saturated heterocycles. The van der Waals surface area contributed by atoms with Crippen molar-refractivity contribution >= 4 is 29.3 Å². The minimum absolute atomic E-state index is 0.0761. The smallest absolute Gasteiger partial charge is 0.328 e. The van der Waals surface area contributed by atoms with E-state index < -0.39 is 17.9 Å². The summed E-state index contributed by atoms with van der Waals surface area (Å²) in [7, 11) is 1.22. The molecule has 0 aliphatic rings. The number of anilines is 1. The van der Waals surface area contributed by atoms with E-state index in [0.717, 1.165) is 0 Å². The monoisotopic (exact) mass is 320 g/mol. The van der Waals surface area contributed by atoms with E-state index in [1.807, 2.05) is 0 Å². The molecule has 0 heterocycles. The standard InChI is InChI=1S/C16H20N2O5/c1-10(19)4-9-14(16(22)23-3)18-15(21)12-5-7-13(8-6-12)17-11(2)20/h5-8,14H,4,9H2,1-3H3,(H,17,20)(H,18,21)/t14-/m1/s1. The van der Waals surface area contributed by atoms with Crippen molar-refractivity contribution in [1.29, 1.82) is 0 Å². The van der Waals surface area contributed by atoms with Crippen LogP contribution in [0.25, 0.3) is 0 Å². The van der Waals surface area contributed by atoms with E-state index in [1.54, 1.807) is 12.1 Å². The highest BCUT2D eigenvalue weighted by molar-refractivity contribution is 5.97. The molecule has 124 valence electrons. The lowest BCUT2D eigenvalue weighted by molar-refractivity contribution is -0.143. The van der Waals surface area contributed by atoms with E-state index in [2.05, 4.69) is 15.4 Å². The molecule has 2 amide bonds. The van der Waals surface area contributed by atoms with Crippen molar-refractivity contribution in [1.82, 2.24) is 5.32 Å². The Balaban J connectivity index is 2.75. The average molecular weight is 320 g/mol. The third-order valence-electron chi connectivity index (χ3n) is 3.04.